The molecule has 1 aromatic heterocycles. The van der Waals surface area contributed by atoms with E-state index in [4.69, 9.17) is 18.6 Å². The van der Waals surface area contributed by atoms with Gasteiger partial charge >= 0.3 is 11.9 Å². The Kier molecular flexibility index (Phi) is 10.4. The second-order valence-electron chi connectivity index (χ2n) is 20.9. The van der Waals surface area contributed by atoms with Gasteiger partial charge in [0.05, 0.1) is 18.9 Å². The molecule has 2 N–H and O–H groups in total. The van der Waals surface area contributed by atoms with E-state index in [2.05, 4.69) is 54.5 Å². The normalized spacial score (nSPS) is 34.5. The van der Waals surface area contributed by atoms with Crippen molar-refractivity contribution >= 4 is 22.9 Å². The summed E-state index contributed by atoms with van der Waals surface area (Å²) in [5, 5.41) is 21.4. The lowest BCUT2D eigenvalue weighted by Gasteiger charge is -2.64. The van der Waals surface area contributed by atoms with Crippen LogP contribution >= 0.6 is 0 Å². The van der Waals surface area contributed by atoms with E-state index in [0.29, 0.717) is 46.2 Å². The molecule has 9 nitrogen and oxygen atoms in total. The SMILES string of the molecule is CO[C@@H]1CC[C@@]2(C)C(CC[C@@]3(C)CC4=CC[C@H]5C(C)(C)[C@H](OC(=O)CCC(=O)Oc6c(O)cc7oc(-c8ccccc8)cc(=O)c7c6O)CC[C@]5(C)[C@H]4CCC32)C1(C)C. The molecule has 4 fully saturated rings. The second kappa shape index (κ2) is 14.8. The summed E-state index contributed by atoms with van der Waals surface area (Å²) in [6, 6.07) is 11.3. The molecule has 0 amide bonds. The zero-order valence-electron chi connectivity index (χ0n) is 36.3. The number of allylic oxidation sites excluding steroid dienone is 2. The highest BCUT2D eigenvalue weighted by Crippen LogP contribution is 2.70. The molecule has 2 unspecified atom stereocenters. The minimum absolute atomic E-state index is 0.0611. The largest absolute Gasteiger partial charge is 0.504 e. The molecule has 2 aromatic carbocycles. The Bertz CT molecular complexity index is 2220. The van der Waals surface area contributed by atoms with Crippen LogP contribution < -0.4 is 10.2 Å². The molecular weight excluding hydrogens is 745 g/mol. The lowest BCUT2D eigenvalue weighted by Crippen LogP contribution is -2.58. The number of aromatic hydroxyl groups is 2. The van der Waals surface area contributed by atoms with Gasteiger partial charge in [-0.05, 0) is 110 Å². The minimum atomic E-state index is -0.851. The lowest BCUT2D eigenvalue weighted by molar-refractivity contribution is -0.178. The van der Waals surface area contributed by atoms with Crippen molar-refractivity contribution in [3.8, 4) is 28.6 Å². The van der Waals surface area contributed by atoms with Crippen molar-refractivity contribution in [1.29, 1.82) is 0 Å². The average molecular weight is 809 g/mol. The van der Waals surface area contributed by atoms with Crippen molar-refractivity contribution in [2.75, 3.05) is 7.11 Å². The predicted molar refractivity (Wildman–Crippen MR) is 227 cm³/mol. The molecule has 5 aliphatic carbocycles. The third kappa shape index (κ3) is 6.82. The van der Waals surface area contributed by atoms with E-state index in [1.54, 1.807) is 29.8 Å². The maximum absolute atomic E-state index is 13.4. The summed E-state index contributed by atoms with van der Waals surface area (Å²) >= 11 is 0. The number of benzene rings is 2. The molecule has 3 aromatic rings. The molecule has 59 heavy (non-hydrogen) atoms. The fraction of sp³-hybridized carbons (Fsp3) is 0.620. The quantitative estimate of drug-likeness (QED) is 0.136. The van der Waals surface area contributed by atoms with Gasteiger partial charge in [0.1, 0.15) is 22.8 Å². The molecular formula is C50H64O9. The Balaban J connectivity index is 0.917. The van der Waals surface area contributed by atoms with Crippen LogP contribution in [0.2, 0.25) is 0 Å². The molecule has 0 saturated heterocycles. The first-order valence-electron chi connectivity index (χ1n) is 22.0. The van der Waals surface area contributed by atoms with E-state index in [0.717, 1.165) is 31.7 Å². The summed E-state index contributed by atoms with van der Waals surface area (Å²) < 4.78 is 23.4. The summed E-state index contributed by atoms with van der Waals surface area (Å²) in [7, 11) is 1.90. The molecule has 9 atom stereocenters. The van der Waals surface area contributed by atoms with Gasteiger partial charge in [0.15, 0.2) is 16.9 Å². The predicted octanol–water partition coefficient (Wildman–Crippen LogP) is 10.9. The zero-order valence-corrected chi connectivity index (χ0v) is 36.3. The maximum atomic E-state index is 13.4. The molecule has 4 saturated carbocycles. The van der Waals surface area contributed by atoms with Crippen LogP contribution in [0.4, 0.5) is 0 Å². The number of rotatable bonds is 7. The number of carbonyl (C=O) groups excluding carboxylic acids is 2. The molecule has 9 heteroatoms. The van der Waals surface area contributed by atoms with Crippen LogP contribution in [-0.4, -0.2) is 41.5 Å². The van der Waals surface area contributed by atoms with Crippen molar-refractivity contribution in [1.82, 2.24) is 0 Å². The van der Waals surface area contributed by atoms with E-state index in [-0.39, 0.29) is 51.9 Å². The summed E-state index contributed by atoms with van der Waals surface area (Å²) in [5.41, 5.74) is 2.27. The number of fused-ring (bicyclic) bond motifs is 7. The van der Waals surface area contributed by atoms with Crippen LogP contribution in [0.15, 0.2) is 63.3 Å². The number of esters is 2. The molecule has 0 radical (unpaired) electrons. The van der Waals surface area contributed by atoms with Crippen LogP contribution in [0.1, 0.15) is 126 Å². The van der Waals surface area contributed by atoms with Crippen molar-refractivity contribution in [2.24, 2.45) is 50.7 Å². The summed E-state index contributed by atoms with van der Waals surface area (Å²) in [6.45, 7) is 17.2. The average Bonchev–Trinajstić information content (AvgIpc) is 3.34. The first-order valence-corrected chi connectivity index (χ1v) is 22.0. The molecule has 318 valence electrons. The smallest absolute Gasteiger partial charge is 0.312 e. The van der Waals surface area contributed by atoms with Crippen molar-refractivity contribution in [3.05, 3.63) is 64.3 Å². The number of carbonyl (C=O) groups is 2. The lowest BCUT2D eigenvalue weighted by atomic mass is 9.42. The number of hydrogen-bond acceptors (Lipinski definition) is 9. The van der Waals surface area contributed by atoms with Gasteiger partial charge in [0, 0.05) is 30.2 Å². The molecule has 0 spiro atoms. The second-order valence-corrected chi connectivity index (χ2v) is 20.9. The standard InChI is InChI=1S/C50H64O9/c1-46(2)37-20-23-48(5)28-30-14-16-36-47(3,4)40(22-24-49(36,6)31(30)15-17-38(48)50(37,7)25-21-39(46)56-8)58-41(53)18-19-42(54)59-45-33(52)27-35-43(44(45)55)32(51)26-34(57-35)29-12-10-9-11-13-29/h9-14,26-27,31,36-40,52,55H,15-25,28H2,1-8H3/t31-,36-,37?,38?,39+,40+,48-,49+,50-/m0/s1. The van der Waals surface area contributed by atoms with Gasteiger partial charge in [-0.25, -0.2) is 0 Å². The monoisotopic (exact) mass is 808 g/mol. The number of phenolic OH excluding ortho intramolecular Hbond substituents is 2. The number of ether oxygens (including phenoxy) is 3. The number of methoxy groups -OCH3 is 1. The van der Waals surface area contributed by atoms with Crippen LogP contribution in [0.3, 0.4) is 0 Å². The third-order valence-corrected chi connectivity index (χ3v) is 17.1. The maximum Gasteiger partial charge on any atom is 0.312 e. The topological polar surface area (TPSA) is 132 Å². The Morgan fingerprint density at radius 3 is 2.19 bits per heavy atom. The van der Waals surface area contributed by atoms with Gasteiger partial charge < -0.3 is 28.8 Å². The Hall–Kier alpha value is -4.11. The van der Waals surface area contributed by atoms with Gasteiger partial charge in [-0.1, -0.05) is 90.4 Å². The summed E-state index contributed by atoms with van der Waals surface area (Å²) in [4.78, 5) is 39.4. The van der Waals surface area contributed by atoms with Gasteiger partial charge in [-0.15, -0.1) is 0 Å². The highest BCUT2D eigenvalue weighted by atomic mass is 16.6. The summed E-state index contributed by atoms with van der Waals surface area (Å²) in [6.07, 6.45) is 13.4. The van der Waals surface area contributed by atoms with Gasteiger partial charge in [-0.2, -0.15) is 0 Å². The highest BCUT2D eigenvalue weighted by Gasteiger charge is 2.63. The van der Waals surface area contributed by atoms with Crippen LogP contribution in [0, 0.1) is 50.7 Å². The van der Waals surface area contributed by atoms with E-state index in [1.807, 2.05) is 13.2 Å². The van der Waals surface area contributed by atoms with Crippen molar-refractivity contribution in [3.63, 3.8) is 0 Å². The van der Waals surface area contributed by atoms with Crippen molar-refractivity contribution < 1.29 is 38.4 Å². The van der Waals surface area contributed by atoms with E-state index >= 15 is 0 Å². The minimum Gasteiger partial charge on any atom is -0.504 e. The fourth-order valence-corrected chi connectivity index (χ4v) is 14.2. The third-order valence-electron chi connectivity index (χ3n) is 17.1. The Morgan fingerprint density at radius 1 is 0.780 bits per heavy atom. The molecule has 5 aliphatic rings. The van der Waals surface area contributed by atoms with Gasteiger partial charge in [-0.3, -0.25) is 14.4 Å². The van der Waals surface area contributed by atoms with Gasteiger partial charge in [0.2, 0.25) is 5.75 Å². The Labute approximate surface area is 348 Å². The highest BCUT2D eigenvalue weighted by molar-refractivity contribution is 5.91. The number of hydrogen-bond donors (Lipinski definition) is 2. The first kappa shape index (κ1) is 41.6. The summed E-state index contributed by atoms with van der Waals surface area (Å²) in [5.74, 6) is -0.733. The number of phenols is 2. The van der Waals surface area contributed by atoms with Gasteiger partial charge in [0.25, 0.3) is 0 Å². The molecule has 8 rings (SSSR count). The van der Waals surface area contributed by atoms with E-state index in [9.17, 15) is 24.6 Å². The molecule has 0 aliphatic heterocycles. The van der Waals surface area contributed by atoms with Crippen LogP contribution in [0.25, 0.3) is 22.3 Å². The van der Waals surface area contributed by atoms with Crippen LogP contribution in [-0.2, 0) is 19.1 Å². The fourth-order valence-electron chi connectivity index (χ4n) is 14.2. The first-order chi connectivity index (χ1) is 27.8. The Morgan fingerprint density at radius 2 is 1.46 bits per heavy atom. The van der Waals surface area contributed by atoms with Crippen LogP contribution in [0.5, 0.6) is 17.2 Å². The molecule has 0 bridgehead atoms. The van der Waals surface area contributed by atoms with Crippen molar-refractivity contribution in [2.45, 2.75) is 138 Å². The van der Waals surface area contributed by atoms with E-state index in [1.165, 1.54) is 44.6 Å². The zero-order chi connectivity index (χ0) is 42.3. The molecule has 1 heterocycles. The van der Waals surface area contributed by atoms with E-state index < -0.39 is 34.6 Å².